The van der Waals surface area contributed by atoms with Gasteiger partial charge in [-0.1, -0.05) is 36.4 Å². The molecule has 1 fully saturated rings. The summed E-state index contributed by atoms with van der Waals surface area (Å²) in [6.45, 7) is 1.49. The Bertz CT molecular complexity index is 693. The molecule has 0 saturated carbocycles. The van der Waals surface area contributed by atoms with Crippen LogP contribution in [0.4, 0.5) is 0 Å². The number of nitrogens with zero attached hydrogens (tertiary/aromatic N) is 1. The topological polar surface area (TPSA) is 32.7 Å². The lowest BCUT2D eigenvalue weighted by molar-refractivity contribution is -0.109. The zero-order valence-electron chi connectivity index (χ0n) is 13.2. The molecular weight excluding hydrogens is 306 g/mol. The van der Waals surface area contributed by atoms with Crippen molar-refractivity contribution >= 4 is 11.8 Å². The number of rotatable bonds is 2. The third kappa shape index (κ3) is 2.55. The normalized spacial score (nSPS) is 23.0. The van der Waals surface area contributed by atoms with Crippen molar-refractivity contribution in [2.45, 2.75) is 22.8 Å². The second kappa shape index (κ2) is 5.86. The number of fused-ring (bicyclic) bond motifs is 2. The third-order valence-corrected chi connectivity index (χ3v) is 6.88. The van der Waals surface area contributed by atoms with Crippen LogP contribution in [0.3, 0.4) is 0 Å². The maximum Gasteiger partial charge on any atom is 0.118 e. The Labute approximate surface area is 141 Å². The number of hydrogen-bond acceptors (Lipinski definition) is 4. The molecule has 2 aliphatic heterocycles. The lowest BCUT2D eigenvalue weighted by Crippen LogP contribution is -2.38. The van der Waals surface area contributed by atoms with Crippen LogP contribution < -0.4 is 4.74 Å². The molecule has 4 heteroatoms. The molecule has 0 radical (unpaired) electrons. The molecule has 2 heterocycles. The number of hydroxylamine groups is 2. The van der Waals surface area contributed by atoms with Crippen molar-refractivity contribution in [3.05, 3.63) is 65.2 Å². The van der Waals surface area contributed by atoms with Gasteiger partial charge >= 0.3 is 0 Å². The molecule has 23 heavy (non-hydrogen) atoms. The molecule has 1 N–H and O–H groups in total. The summed E-state index contributed by atoms with van der Waals surface area (Å²) in [5.41, 5.74) is 4.21. The van der Waals surface area contributed by atoms with E-state index in [1.165, 1.54) is 21.8 Å². The highest BCUT2D eigenvalue weighted by atomic mass is 32.2. The molecule has 1 spiro atoms. The van der Waals surface area contributed by atoms with Gasteiger partial charge in [0.15, 0.2) is 0 Å². The van der Waals surface area contributed by atoms with E-state index in [9.17, 15) is 5.21 Å². The first-order valence-corrected chi connectivity index (χ1v) is 8.95. The molecule has 0 aliphatic carbocycles. The Hall–Kier alpha value is -1.49. The molecule has 1 atom stereocenters. The summed E-state index contributed by atoms with van der Waals surface area (Å²) in [7, 11) is 1.70. The number of methoxy groups -OCH3 is 1. The third-order valence-electron chi connectivity index (χ3n) is 5.04. The van der Waals surface area contributed by atoms with Gasteiger partial charge in [-0.3, -0.25) is 0 Å². The van der Waals surface area contributed by atoms with Gasteiger partial charge in [-0.25, -0.2) is 0 Å². The number of hydrogen-bond donors (Lipinski definition) is 1. The second-order valence-electron chi connectivity index (χ2n) is 6.31. The zero-order valence-corrected chi connectivity index (χ0v) is 14.1. The molecule has 1 saturated heterocycles. The van der Waals surface area contributed by atoms with Crippen LogP contribution in [0, 0.1) is 0 Å². The minimum Gasteiger partial charge on any atom is -0.497 e. The summed E-state index contributed by atoms with van der Waals surface area (Å²) in [4.78, 5) is 0. The van der Waals surface area contributed by atoms with Gasteiger partial charge in [-0.05, 0) is 41.7 Å². The van der Waals surface area contributed by atoms with Gasteiger partial charge in [0, 0.05) is 17.8 Å². The summed E-state index contributed by atoms with van der Waals surface area (Å²) in [6.07, 6.45) is 2.00. The molecule has 0 bridgehead atoms. The van der Waals surface area contributed by atoms with Crippen LogP contribution in [0.5, 0.6) is 5.75 Å². The molecule has 1 unspecified atom stereocenters. The predicted molar refractivity (Wildman–Crippen MR) is 93.1 cm³/mol. The SMILES string of the molecule is COc1ccc(C2SC3(CCN(O)CC3)c3ccccc32)cc1. The molecular formula is C19H21NO2S. The lowest BCUT2D eigenvalue weighted by Gasteiger charge is -2.37. The Morgan fingerprint density at radius 2 is 1.78 bits per heavy atom. The van der Waals surface area contributed by atoms with E-state index in [2.05, 4.69) is 48.2 Å². The van der Waals surface area contributed by atoms with Crippen LogP contribution >= 0.6 is 11.8 Å². The highest BCUT2D eigenvalue weighted by Crippen LogP contribution is 2.61. The van der Waals surface area contributed by atoms with Crippen molar-refractivity contribution in [3.63, 3.8) is 0 Å². The van der Waals surface area contributed by atoms with Crippen LogP contribution in [0.15, 0.2) is 48.5 Å². The van der Waals surface area contributed by atoms with Gasteiger partial charge in [0.05, 0.1) is 12.4 Å². The smallest absolute Gasteiger partial charge is 0.118 e. The van der Waals surface area contributed by atoms with E-state index in [1.807, 2.05) is 12.1 Å². The average Bonchev–Trinajstić information content (AvgIpc) is 2.93. The van der Waals surface area contributed by atoms with Crippen molar-refractivity contribution in [2.75, 3.05) is 20.2 Å². The van der Waals surface area contributed by atoms with Gasteiger partial charge in [0.1, 0.15) is 5.75 Å². The maximum atomic E-state index is 9.75. The number of piperidine rings is 1. The standard InChI is InChI=1S/C19H21NO2S/c1-22-15-8-6-14(7-9-15)18-16-4-2-3-5-17(16)19(23-18)10-12-20(21)13-11-19/h2-9,18,21H,10-13H2,1H3. The summed E-state index contributed by atoms with van der Waals surface area (Å²) in [5.74, 6) is 0.897. The Kier molecular flexibility index (Phi) is 3.84. The van der Waals surface area contributed by atoms with Gasteiger partial charge in [0.25, 0.3) is 0 Å². The van der Waals surface area contributed by atoms with Crippen molar-refractivity contribution < 1.29 is 9.94 Å². The minimum atomic E-state index is 0.139. The highest BCUT2D eigenvalue weighted by molar-refractivity contribution is 8.01. The number of thioether (sulfide) groups is 1. The summed E-state index contributed by atoms with van der Waals surface area (Å²) < 4.78 is 5.42. The van der Waals surface area contributed by atoms with Gasteiger partial charge in [0.2, 0.25) is 0 Å². The minimum absolute atomic E-state index is 0.139. The fourth-order valence-corrected chi connectivity index (χ4v) is 5.57. The zero-order chi connectivity index (χ0) is 15.9. The van der Waals surface area contributed by atoms with Crippen LogP contribution in [-0.4, -0.2) is 30.5 Å². The maximum absolute atomic E-state index is 9.75. The van der Waals surface area contributed by atoms with Crippen molar-refractivity contribution in [1.82, 2.24) is 5.06 Å². The van der Waals surface area contributed by atoms with E-state index in [4.69, 9.17) is 4.74 Å². The highest BCUT2D eigenvalue weighted by Gasteiger charge is 2.46. The second-order valence-corrected chi connectivity index (χ2v) is 7.79. The molecule has 4 rings (SSSR count). The Balaban J connectivity index is 1.72. The molecule has 2 aliphatic rings. The van der Waals surface area contributed by atoms with Crippen molar-refractivity contribution in [1.29, 1.82) is 0 Å². The van der Waals surface area contributed by atoms with Gasteiger partial charge in [-0.2, -0.15) is 5.06 Å². The van der Waals surface area contributed by atoms with Crippen LogP contribution in [0.1, 0.15) is 34.8 Å². The predicted octanol–water partition coefficient (Wildman–Crippen LogP) is 4.21. The van der Waals surface area contributed by atoms with Crippen LogP contribution in [-0.2, 0) is 4.75 Å². The average molecular weight is 327 g/mol. The summed E-state index contributed by atoms with van der Waals surface area (Å²) in [5, 5.41) is 11.6. The lowest BCUT2D eigenvalue weighted by atomic mass is 9.85. The Morgan fingerprint density at radius 1 is 1.09 bits per heavy atom. The number of ether oxygens (including phenoxy) is 1. The monoisotopic (exact) mass is 327 g/mol. The van der Waals surface area contributed by atoms with Gasteiger partial charge < -0.3 is 9.94 Å². The Morgan fingerprint density at radius 3 is 2.48 bits per heavy atom. The molecule has 0 amide bonds. The first-order chi connectivity index (χ1) is 11.2. The molecule has 0 aromatic heterocycles. The van der Waals surface area contributed by atoms with E-state index in [0.29, 0.717) is 5.25 Å². The summed E-state index contributed by atoms with van der Waals surface area (Å²) >= 11 is 2.05. The van der Waals surface area contributed by atoms with Gasteiger partial charge in [-0.15, -0.1) is 11.8 Å². The fraction of sp³-hybridized carbons (Fsp3) is 0.368. The van der Waals surface area contributed by atoms with E-state index >= 15 is 0 Å². The quantitative estimate of drug-likeness (QED) is 0.895. The molecule has 2 aromatic rings. The number of benzene rings is 2. The molecule has 120 valence electrons. The summed E-state index contributed by atoms with van der Waals surface area (Å²) in [6, 6.07) is 17.2. The fourth-order valence-electron chi connectivity index (χ4n) is 3.76. The molecule has 2 aromatic carbocycles. The van der Waals surface area contributed by atoms with Crippen molar-refractivity contribution in [2.24, 2.45) is 0 Å². The van der Waals surface area contributed by atoms with E-state index < -0.39 is 0 Å². The first kappa shape index (κ1) is 15.1. The molecule has 3 nitrogen and oxygen atoms in total. The first-order valence-electron chi connectivity index (χ1n) is 8.07. The van der Waals surface area contributed by atoms with E-state index in [-0.39, 0.29) is 4.75 Å². The van der Waals surface area contributed by atoms with E-state index in [0.717, 1.165) is 31.7 Å². The van der Waals surface area contributed by atoms with Crippen LogP contribution in [0.25, 0.3) is 0 Å². The van der Waals surface area contributed by atoms with Crippen LogP contribution in [0.2, 0.25) is 0 Å². The van der Waals surface area contributed by atoms with E-state index in [1.54, 1.807) is 7.11 Å². The largest absolute Gasteiger partial charge is 0.497 e. The van der Waals surface area contributed by atoms with Crippen molar-refractivity contribution in [3.8, 4) is 5.75 Å².